The highest BCUT2D eigenvalue weighted by Gasteiger charge is 2.10. The lowest BCUT2D eigenvalue weighted by Gasteiger charge is -1.98. The second kappa shape index (κ2) is 2.53. The van der Waals surface area contributed by atoms with E-state index in [1.807, 2.05) is 6.92 Å². The number of likely N-dealkylation sites (N-methyl/N-ethyl adjacent to an activating group) is 1. The van der Waals surface area contributed by atoms with Crippen LogP contribution < -0.4 is 5.32 Å². The van der Waals surface area contributed by atoms with E-state index in [1.54, 1.807) is 0 Å². The summed E-state index contributed by atoms with van der Waals surface area (Å²) in [5.74, 6) is -0.244. The third kappa shape index (κ3) is 1.45. The Labute approximate surface area is 53.7 Å². The Balaban J connectivity index is 2.42. The quantitative estimate of drug-likeness (QED) is 0.532. The summed E-state index contributed by atoms with van der Waals surface area (Å²) in [5.41, 5.74) is 0.877. The van der Waals surface area contributed by atoms with Crippen molar-refractivity contribution in [2.45, 2.75) is 6.92 Å². The van der Waals surface area contributed by atoms with Gasteiger partial charge in [-0.25, -0.2) is 4.79 Å². The summed E-state index contributed by atoms with van der Waals surface area (Å²) in [7, 11) is 0. The molecule has 3 heteroatoms. The topological polar surface area (TPSA) is 38.3 Å². The molecule has 0 aromatic rings. The van der Waals surface area contributed by atoms with Gasteiger partial charge < -0.3 is 10.1 Å². The Hall–Kier alpha value is -0.990. The maximum atomic E-state index is 10.4. The predicted octanol–water partition coefficient (Wildman–Crippen LogP) is 0.0366. The SMILES string of the molecule is CCNC1=CC(=O)OC1. The van der Waals surface area contributed by atoms with Crippen molar-refractivity contribution >= 4 is 5.97 Å². The molecule has 0 unspecified atom stereocenters. The van der Waals surface area contributed by atoms with Gasteiger partial charge in [0.05, 0.1) is 5.70 Å². The van der Waals surface area contributed by atoms with Crippen LogP contribution in [-0.4, -0.2) is 19.1 Å². The van der Waals surface area contributed by atoms with Crippen LogP contribution in [0.25, 0.3) is 0 Å². The third-order valence-electron chi connectivity index (χ3n) is 1.07. The monoisotopic (exact) mass is 127 g/mol. The second-order valence-electron chi connectivity index (χ2n) is 1.81. The lowest BCUT2D eigenvalue weighted by Crippen LogP contribution is -2.12. The number of hydrogen-bond donors (Lipinski definition) is 1. The fraction of sp³-hybridized carbons (Fsp3) is 0.500. The van der Waals surface area contributed by atoms with Crippen molar-refractivity contribution < 1.29 is 9.53 Å². The summed E-state index contributed by atoms with van der Waals surface area (Å²) in [5, 5.41) is 2.99. The molecule has 0 aliphatic carbocycles. The molecule has 0 aromatic carbocycles. The van der Waals surface area contributed by atoms with Crippen LogP contribution in [-0.2, 0) is 9.53 Å². The van der Waals surface area contributed by atoms with Gasteiger partial charge in [0.2, 0.25) is 0 Å². The molecule has 0 aromatic heterocycles. The van der Waals surface area contributed by atoms with Crippen LogP contribution in [0.4, 0.5) is 0 Å². The summed E-state index contributed by atoms with van der Waals surface area (Å²) in [6.07, 6.45) is 1.48. The zero-order valence-electron chi connectivity index (χ0n) is 5.31. The Morgan fingerprint density at radius 1 is 1.89 bits per heavy atom. The van der Waals surface area contributed by atoms with Crippen molar-refractivity contribution in [3.8, 4) is 0 Å². The predicted molar refractivity (Wildman–Crippen MR) is 32.7 cm³/mol. The highest BCUT2D eigenvalue weighted by atomic mass is 16.5. The molecular weight excluding hydrogens is 118 g/mol. The van der Waals surface area contributed by atoms with Crippen molar-refractivity contribution in [3.05, 3.63) is 11.8 Å². The molecule has 1 aliphatic rings. The maximum absolute atomic E-state index is 10.4. The van der Waals surface area contributed by atoms with Gasteiger partial charge in [0, 0.05) is 12.6 Å². The molecule has 50 valence electrons. The van der Waals surface area contributed by atoms with Crippen molar-refractivity contribution in [1.29, 1.82) is 0 Å². The lowest BCUT2D eigenvalue weighted by molar-refractivity contribution is -0.134. The molecule has 0 bridgehead atoms. The fourth-order valence-electron chi connectivity index (χ4n) is 0.704. The van der Waals surface area contributed by atoms with Gasteiger partial charge in [0.15, 0.2) is 0 Å². The van der Waals surface area contributed by atoms with Crippen LogP contribution >= 0.6 is 0 Å². The summed E-state index contributed by atoms with van der Waals surface area (Å²) in [4.78, 5) is 10.4. The molecule has 0 radical (unpaired) electrons. The molecule has 0 saturated carbocycles. The van der Waals surface area contributed by atoms with E-state index in [9.17, 15) is 4.79 Å². The Morgan fingerprint density at radius 3 is 3.11 bits per heavy atom. The summed E-state index contributed by atoms with van der Waals surface area (Å²) in [6, 6.07) is 0. The first-order valence-corrected chi connectivity index (χ1v) is 2.94. The first-order chi connectivity index (χ1) is 4.33. The van der Waals surface area contributed by atoms with Gasteiger partial charge in [0.1, 0.15) is 6.61 Å². The minimum Gasteiger partial charge on any atom is -0.456 e. The molecule has 0 atom stereocenters. The molecule has 3 nitrogen and oxygen atoms in total. The molecule has 0 spiro atoms. The molecule has 1 heterocycles. The van der Waals surface area contributed by atoms with Gasteiger partial charge in [-0.15, -0.1) is 0 Å². The van der Waals surface area contributed by atoms with Gasteiger partial charge in [-0.05, 0) is 6.92 Å². The molecule has 0 fully saturated rings. The molecule has 1 rings (SSSR count). The molecule has 0 saturated heterocycles. The van der Waals surface area contributed by atoms with E-state index in [1.165, 1.54) is 6.08 Å². The minimum atomic E-state index is -0.244. The average molecular weight is 127 g/mol. The highest BCUT2D eigenvalue weighted by Crippen LogP contribution is 2.00. The van der Waals surface area contributed by atoms with Gasteiger partial charge in [-0.3, -0.25) is 0 Å². The van der Waals surface area contributed by atoms with Gasteiger partial charge >= 0.3 is 5.97 Å². The number of carbonyl (C=O) groups excluding carboxylic acids is 1. The van der Waals surface area contributed by atoms with Gasteiger partial charge in [-0.1, -0.05) is 0 Å². The standard InChI is InChI=1S/C6H9NO2/c1-2-7-5-3-6(8)9-4-5/h3,7H,2,4H2,1H3. The van der Waals surface area contributed by atoms with Crippen molar-refractivity contribution in [3.63, 3.8) is 0 Å². The Bertz CT molecular complexity index is 151. The molecule has 1 N–H and O–H groups in total. The van der Waals surface area contributed by atoms with Gasteiger partial charge in [-0.2, -0.15) is 0 Å². The van der Waals surface area contributed by atoms with E-state index < -0.39 is 0 Å². The van der Waals surface area contributed by atoms with E-state index >= 15 is 0 Å². The maximum Gasteiger partial charge on any atom is 0.333 e. The number of ether oxygens (including phenoxy) is 1. The number of carbonyl (C=O) groups is 1. The largest absolute Gasteiger partial charge is 0.456 e. The second-order valence-corrected chi connectivity index (χ2v) is 1.81. The van der Waals surface area contributed by atoms with Crippen LogP contribution in [0.1, 0.15) is 6.92 Å². The van der Waals surface area contributed by atoms with Crippen LogP contribution in [0.5, 0.6) is 0 Å². The third-order valence-corrected chi connectivity index (χ3v) is 1.07. The smallest absolute Gasteiger partial charge is 0.333 e. The van der Waals surface area contributed by atoms with Crippen LogP contribution in [0.3, 0.4) is 0 Å². The van der Waals surface area contributed by atoms with Crippen molar-refractivity contribution in [2.24, 2.45) is 0 Å². The molecular formula is C6H9NO2. The average Bonchev–Trinajstić information content (AvgIpc) is 2.17. The summed E-state index contributed by atoms with van der Waals surface area (Å²) < 4.78 is 4.62. The van der Waals surface area contributed by atoms with Crippen molar-refractivity contribution in [1.82, 2.24) is 5.32 Å². The van der Waals surface area contributed by atoms with Crippen LogP contribution in [0.2, 0.25) is 0 Å². The first-order valence-electron chi connectivity index (χ1n) is 2.94. The number of esters is 1. The van der Waals surface area contributed by atoms with E-state index in [2.05, 4.69) is 10.1 Å². The Kier molecular flexibility index (Phi) is 1.72. The normalized spacial score (nSPS) is 17.0. The van der Waals surface area contributed by atoms with Crippen LogP contribution in [0, 0.1) is 0 Å². The highest BCUT2D eigenvalue weighted by molar-refractivity contribution is 5.85. The van der Waals surface area contributed by atoms with E-state index in [0.717, 1.165) is 12.2 Å². The fourth-order valence-corrected chi connectivity index (χ4v) is 0.704. The van der Waals surface area contributed by atoms with E-state index in [0.29, 0.717) is 6.61 Å². The number of cyclic esters (lactones) is 1. The molecule has 0 amide bonds. The number of hydrogen-bond acceptors (Lipinski definition) is 3. The first kappa shape index (κ1) is 6.13. The molecule has 1 aliphatic heterocycles. The lowest BCUT2D eigenvalue weighted by atomic mass is 10.4. The zero-order chi connectivity index (χ0) is 6.69. The van der Waals surface area contributed by atoms with Gasteiger partial charge in [0.25, 0.3) is 0 Å². The van der Waals surface area contributed by atoms with Crippen molar-refractivity contribution in [2.75, 3.05) is 13.2 Å². The zero-order valence-corrected chi connectivity index (χ0v) is 5.31. The minimum absolute atomic E-state index is 0.244. The van der Waals surface area contributed by atoms with E-state index in [-0.39, 0.29) is 5.97 Å². The number of rotatable bonds is 2. The summed E-state index contributed by atoms with van der Waals surface area (Å²) in [6.45, 7) is 3.22. The van der Waals surface area contributed by atoms with E-state index in [4.69, 9.17) is 0 Å². The Morgan fingerprint density at radius 2 is 2.67 bits per heavy atom. The molecule has 9 heavy (non-hydrogen) atoms. The number of nitrogens with one attached hydrogen (secondary N) is 1. The van der Waals surface area contributed by atoms with Crippen LogP contribution in [0.15, 0.2) is 11.8 Å². The summed E-state index contributed by atoms with van der Waals surface area (Å²) >= 11 is 0.